The molecule has 1 aliphatic rings. The predicted octanol–water partition coefficient (Wildman–Crippen LogP) is 1.54. The third-order valence-electron chi connectivity index (χ3n) is 3.68. The van der Waals surface area contributed by atoms with Crippen LogP contribution in [0.3, 0.4) is 0 Å². The SMILES string of the molecule is O=C(C=Cc1cnc[nH]1)N1CCOC(COc2ccnc(C(F)(F)F)n2)C1. The minimum atomic E-state index is -4.65. The number of amides is 1. The zero-order valence-electron chi connectivity index (χ0n) is 14.0. The van der Waals surface area contributed by atoms with Crippen LogP contribution in [0.15, 0.2) is 30.9 Å². The quantitative estimate of drug-likeness (QED) is 0.788. The molecule has 0 radical (unpaired) electrons. The summed E-state index contributed by atoms with van der Waals surface area (Å²) in [5.74, 6) is -1.69. The fourth-order valence-corrected chi connectivity index (χ4v) is 2.38. The van der Waals surface area contributed by atoms with E-state index in [1.807, 2.05) is 0 Å². The van der Waals surface area contributed by atoms with Crippen molar-refractivity contribution in [3.05, 3.63) is 42.4 Å². The van der Waals surface area contributed by atoms with Crippen molar-refractivity contribution in [3.8, 4) is 5.88 Å². The number of H-pyrrole nitrogens is 1. The van der Waals surface area contributed by atoms with Crippen molar-refractivity contribution >= 4 is 12.0 Å². The van der Waals surface area contributed by atoms with Gasteiger partial charge in [0.25, 0.3) is 0 Å². The molecule has 2 aromatic heterocycles. The van der Waals surface area contributed by atoms with Crippen LogP contribution in [0.1, 0.15) is 11.5 Å². The fraction of sp³-hybridized carbons (Fsp3) is 0.375. The highest BCUT2D eigenvalue weighted by Crippen LogP contribution is 2.26. The van der Waals surface area contributed by atoms with E-state index in [-0.39, 0.29) is 24.9 Å². The summed E-state index contributed by atoms with van der Waals surface area (Å²) in [5, 5.41) is 0. The molecular weight excluding hydrogens is 367 g/mol. The zero-order chi connectivity index (χ0) is 19.3. The van der Waals surface area contributed by atoms with Crippen molar-refractivity contribution in [2.45, 2.75) is 12.3 Å². The first-order chi connectivity index (χ1) is 12.9. The molecule has 0 bridgehead atoms. The second-order valence-corrected chi connectivity index (χ2v) is 5.64. The monoisotopic (exact) mass is 383 g/mol. The molecule has 2 aromatic rings. The first-order valence-corrected chi connectivity index (χ1v) is 8.02. The molecule has 11 heteroatoms. The molecule has 0 saturated carbocycles. The number of aromatic nitrogens is 4. The van der Waals surface area contributed by atoms with E-state index < -0.39 is 18.1 Å². The van der Waals surface area contributed by atoms with Gasteiger partial charge in [0.1, 0.15) is 12.7 Å². The van der Waals surface area contributed by atoms with E-state index in [4.69, 9.17) is 9.47 Å². The van der Waals surface area contributed by atoms with E-state index in [0.29, 0.717) is 18.8 Å². The number of carbonyl (C=O) groups excluding carboxylic acids is 1. The van der Waals surface area contributed by atoms with E-state index in [2.05, 4.69) is 19.9 Å². The summed E-state index contributed by atoms with van der Waals surface area (Å²) < 4.78 is 48.6. The summed E-state index contributed by atoms with van der Waals surface area (Å²) in [6.07, 6.45) is 1.95. The Hall–Kier alpha value is -2.95. The van der Waals surface area contributed by atoms with Crippen LogP contribution >= 0.6 is 0 Å². The van der Waals surface area contributed by atoms with Gasteiger partial charge in [-0.15, -0.1) is 0 Å². The van der Waals surface area contributed by atoms with E-state index in [1.54, 1.807) is 17.2 Å². The minimum absolute atomic E-state index is 0.0393. The molecule has 1 aliphatic heterocycles. The average molecular weight is 383 g/mol. The molecular formula is C16H16F3N5O3. The maximum absolute atomic E-state index is 12.6. The van der Waals surface area contributed by atoms with Gasteiger partial charge in [0.05, 0.1) is 31.4 Å². The lowest BCUT2D eigenvalue weighted by Gasteiger charge is -2.32. The summed E-state index contributed by atoms with van der Waals surface area (Å²) in [6.45, 7) is 0.926. The molecule has 3 rings (SSSR count). The third-order valence-corrected chi connectivity index (χ3v) is 3.68. The summed E-state index contributed by atoms with van der Waals surface area (Å²) in [6, 6.07) is 1.23. The van der Waals surface area contributed by atoms with Crippen LogP contribution in [0, 0.1) is 0 Å². The van der Waals surface area contributed by atoms with Gasteiger partial charge in [-0.3, -0.25) is 4.79 Å². The molecule has 3 heterocycles. The lowest BCUT2D eigenvalue weighted by Crippen LogP contribution is -2.47. The van der Waals surface area contributed by atoms with Gasteiger partial charge in [-0.2, -0.15) is 18.2 Å². The molecule has 144 valence electrons. The van der Waals surface area contributed by atoms with Gasteiger partial charge in [-0.05, 0) is 6.08 Å². The number of hydrogen-bond acceptors (Lipinski definition) is 6. The first kappa shape index (κ1) is 18.8. The van der Waals surface area contributed by atoms with Crippen LogP contribution in [0.2, 0.25) is 0 Å². The average Bonchev–Trinajstić information content (AvgIpc) is 3.18. The minimum Gasteiger partial charge on any atom is -0.475 e. The lowest BCUT2D eigenvalue weighted by atomic mass is 10.2. The molecule has 1 fully saturated rings. The van der Waals surface area contributed by atoms with E-state index in [0.717, 1.165) is 6.20 Å². The van der Waals surface area contributed by atoms with Crippen LogP contribution in [-0.2, 0) is 15.7 Å². The number of rotatable bonds is 5. The number of hydrogen-bond donors (Lipinski definition) is 1. The maximum atomic E-state index is 12.6. The van der Waals surface area contributed by atoms with E-state index >= 15 is 0 Å². The Morgan fingerprint density at radius 3 is 3.07 bits per heavy atom. The molecule has 1 amide bonds. The van der Waals surface area contributed by atoms with Gasteiger partial charge >= 0.3 is 6.18 Å². The number of nitrogens with zero attached hydrogens (tertiary/aromatic N) is 4. The van der Waals surface area contributed by atoms with Crippen molar-refractivity contribution in [1.82, 2.24) is 24.8 Å². The van der Waals surface area contributed by atoms with Gasteiger partial charge in [-0.25, -0.2) is 9.97 Å². The standard InChI is InChI=1S/C16H16F3N5O3/c17-16(18,19)15-21-4-3-13(23-15)27-9-12-8-24(5-6-26-12)14(25)2-1-11-7-20-10-22-11/h1-4,7,10,12H,5-6,8-9H2,(H,20,22). The number of imidazole rings is 1. The number of aromatic amines is 1. The molecule has 1 atom stereocenters. The lowest BCUT2D eigenvalue weighted by molar-refractivity contribution is -0.145. The second-order valence-electron chi connectivity index (χ2n) is 5.64. The molecule has 8 nitrogen and oxygen atoms in total. The highest BCUT2D eigenvalue weighted by Gasteiger charge is 2.35. The summed E-state index contributed by atoms with van der Waals surface area (Å²) in [7, 11) is 0. The van der Waals surface area contributed by atoms with Crippen molar-refractivity contribution < 1.29 is 27.4 Å². The Kier molecular flexibility index (Phi) is 5.69. The molecule has 0 aromatic carbocycles. The Balaban J connectivity index is 1.53. The summed E-state index contributed by atoms with van der Waals surface area (Å²) in [4.78, 5) is 27.0. The van der Waals surface area contributed by atoms with Crippen molar-refractivity contribution in [3.63, 3.8) is 0 Å². The van der Waals surface area contributed by atoms with Crippen LogP contribution in [-0.4, -0.2) is 63.2 Å². The fourth-order valence-electron chi connectivity index (χ4n) is 2.38. The topological polar surface area (TPSA) is 93.2 Å². The Morgan fingerprint density at radius 1 is 1.48 bits per heavy atom. The van der Waals surface area contributed by atoms with Crippen LogP contribution < -0.4 is 4.74 Å². The number of halogens is 3. The second kappa shape index (κ2) is 8.16. The highest BCUT2D eigenvalue weighted by molar-refractivity contribution is 5.91. The van der Waals surface area contributed by atoms with Gasteiger partial charge in [0, 0.05) is 24.9 Å². The zero-order valence-corrected chi connectivity index (χ0v) is 14.0. The van der Waals surface area contributed by atoms with E-state index in [1.165, 1.54) is 18.5 Å². The number of ether oxygens (including phenoxy) is 2. The van der Waals surface area contributed by atoms with Crippen molar-refractivity contribution in [1.29, 1.82) is 0 Å². The summed E-state index contributed by atoms with van der Waals surface area (Å²) in [5.41, 5.74) is 0.695. The van der Waals surface area contributed by atoms with Crippen LogP contribution in [0.4, 0.5) is 13.2 Å². The van der Waals surface area contributed by atoms with Crippen LogP contribution in [0.5, 0.6) is 5.88 Å². The largest absolute Gasteiger partial charge is 0.475 e. The van der Waals surface area contributed by atoms with E-state index in [9.17, 15) is 18.0 Å². The molecule has 0 spiro atoms. The number of alkyl halides is 3. The van der Waals surface area contributed by atoms with Crippen molar-refractivity contribution in [2.24, 2.45) is 0 Å². The Bertz CT molecular complexity index is 795. The number of morpholine rings is 1. The predicted molar refractivity (Wildman–Crippen MR) is 86.5 cm³/mol. The highest BCUT2D eigenvalue weighted by atomic mass is 19.4. The molecule has 0 aliphatic carbocycles. The van der Waals surface area contributed by atoms with Gasteiger partial charge in [0.15, 0.2) is 0 Å². The molecule has 27 heavy (non-hydrogen) atoms. The normalized spacial score (nSPS) is 18.0. The number of carbonyl (C=O) groups is 1. The third kappa shape index (κ3) is 5.26. The van der Waals surface area contributed by atoms with Crippen molar-refractivity contribution in [2.75, 3.05) is 26.3 Å². The molecule has 1 unspecified atom stereocenters. The van der Waals surface area contributed by atoms with Crippen LogP contribution in [0.25, 0.3) is 6.08 Å². The smallest absolute Gasteiger partial charge is 0.451 e. The number of nitrogens with one attached hydrogen (secondary N) is 1. The van der Waals surface area contributed by atoms with Gasteiger partial charge < -0.3 is 19.4 Å². The molecule has 1 N–H and O–H groups in total. The molecule has 1 saturated heterocycles. The maximum Gasteiger partial charge on any atom is 0.451 e. The first-order valence-electron chi connectivity index (χ1n) is 8.02. The van der Waals surface area contributed by atoms with Gasteiger partial charge in [0.2, 0.25) is 17.6 Å². The Morgan fingerprint density at radius 2 is 2.33 bits per heavy atom. The Labute approximate surface area is 152 Å². The van der Waals surface area contributed by atoms with Gasteiger partial charge in [-0.1, -0.05) is 0 Å². The summed E-state index contributed by atoms with van der Waals surface area (Å²) >= 11 is 0.